The number of rotatable bonds is 3. The van der Waals surface area contributed by atoms with Crippen LogP contribution in [0.15, 0.2) is 36.7 Å². The number of nitrogens with zero attached hydrogens (tertiary/aromatic N) is 4. The third-order valence-electron chi connectivity index (χ3n) is 4.04. The Morgan fingerprint density at radius 3 is 3.17 bits per heavy atom. The number of aromatic nitrogens is 3. The maximum Gasteiger partial charge on any atom is 0.204 e. The molecule has 0 radical (unpaired) electrons. The number of H-pyrrole nitrogens is 1. The highest BCUT2D eigenvalue weighted by atomic mass is 32.1. The molecule has 4 rings (SSSR count). The maximum absolute atomic E-state index is 12.6. The van der Waals surface area contributed by atoms with Crippen molar-refractivity contribution in [3.05, 3.63) is 63.9 Å². The Bertz CT molecular complexity index is 952. The molecule has 3 aromatic rings. The predicted octanol–water partition coefficient (Wildman–Crippen LogP) is 2.53. The first kappa shape index (κ1) is 14.6. The molecular weight excluding hydrogens is 322 g/mol. The first-order valence-electron chi connectivity index (χ1n) is 7.51. The lowest BCUT2D eigenvalue weighted by Crippen LogP contribution is -2.29. The molecule has 24 heavy (non-hydrogen) atoms. The van der Waals surface area contributed by atoms with Crippen LogP contribution in [0.4, 0.5) is 5.13 Å². The van der Waals surface area contributed by atoms with E-state index in [1.807, 2.05) is 6.20 Å². The van der Waals surface area contributed by atoms with Crippen LogP contribution in [0.5, 0.6) is 0 Å². The van der Waals surface area contributed by atoms with E-state index in [4.69, 9.17) is 5.26 Å². The molecule has 1 N–H and O–H groups in total. The number of hydrogen-bond acceptors (Lipinski definition) is 6. The zero-order valence-electron chi connectivity index (χ0n) is 12.7. The molecule has 1 aromatic carbocycles. The van der Waals surface area contributed by atoms with Crippen LogP contribution in [0, 0.1) is 11.3 Å². The molecule has 1 aliphatic rings. The molecule has 0 spiro atoms. The molecule has 0 saturated heterocycles. The summed E-state index contributed by atoms with van der Waals surface area (Å²) >= 11 is 1.38. The van der Waals surface area contributed by atoms with E-state index in [2.05, 4.69) is 26.2 Å². The van der Waals surface area contributed by atoms with E-state index in [1.165, 1.54) is 22.6 Å². The molecule has 6 nitrogen and oxygen atoms in total. The second kappa shape index (κ2) is 5.91. The van der Waals surface area contributed by atoms with Crippen molar-refractivity contribution in [2.45, 2.75) is 13.0 Å². The second-order valence-electron chi connectivity index (χ2n) is 5.57. The van der Waals surface area contributed by atoms with Gasteiger partial charge in [-0.25, -0.2) is 4.98 Å². The van der Waals surface area contributed by atoms with Gasteiger partial charge in [-0.2, -0.15) is 10.4 Å². The van der Waals surface area contributed by atoms with Gasteiger partial charge in [0.2, 0.25) is 5.78 Å². The van der Waals surface area contributed by atoms with Crippen molar-refractivity contribution in [3.63, 3.8) is 0 Å². The molecule has 0 aliphatic carbocycles. The van der Waals surface area contributed by atoms with Crippen LogP contribution in [0.1, 0.15) is 32.1 Å². The Balaban J connectivity index is 1.57. The summed E-state index contributed by atoms with van der Waals surface area (Å²) in [6.07, 6.45) is 4.35. The number of hydrogen-bond donors (Lipinski definition) is 1. The fourth-order valence-corrected chi connectivity index (χ4v) is 3.68. The molecule has 0 amide bonds. The van der Waals surface area contributed by atoms with Crippen molar-refractivity contribution in [1.82, 2.24) is 15.2 Å². The molecule has 1 aliphatic heterocycles. The van der Waals surface area contributed by atoms with Crippen LogP contribution in [0.25, 0.3) is 0 Å². The van der Waals surface area contributed by atoms with Gasteiger partial charge < -0.3 is 4.90 Å². The van der Waals surface area contributed by atoms with Gasteiger partial charge in [0, 0.05) is 36.3 Å². The largest absolute Gasteiger partial charge is 0.343 e. The number of aromatic amines is 1. The monoisotopic (exact) mass is 335 g/mol. The summed E-state index contributed by atoms with van der Waals surface area (Å²) in [5.41, 5.74) is 3.34. The average molecular weight is 335 g/mol. The molecule has 0 saturated carbocycles. The molecule has 3 heterocycles. The van der Waals surface area contributed by atoms with Gasteiger partial charge in [0.1, 0.15) is 0 Å². The van der Waals surface area contributed by atoms with E-state index in [1.54, 1.807) is 30.5 Å². The summed E-state index contributed by atoms with van der Waals surface area (Å²) in [7, 11) is 0. The summed E-state index contributed by atoms with van der Waals surface area (Å²) in [5, 5.41) is 16.9. The van der Waals surface area contributed by atoms with Gasteiger partial charge in [-0.1, -0.05) is 23.5 Å². The van der Waals surface area contributed by atoms with E-state index in [-0.39, 0.29) is 5.78 Å². The smallest absolute Gasteiger partial charge is 0.204 e. The number of benzene rings is 1. The van der Waals surface area contributed by atoms with Gasteiger partial charge in [-0.05, 0) is 12.1 Å². The number of anilines is 1. The molecular formula is C17H13N5OS. The minimum Gasteiger partial charge on any atom is -0.343 e. The number of carbonyl (C=O) groups is 1. The van der Waals surface area contributed by atoms with Crippen LogP contribution in [0.3, 0.4) is 0 Å². The third kappa shape index (κ3) is 2.57. The van der Waals surface area contributed by atoms with E-state index in [0.29, 0.717) is 16.0 Å². The molecule has 2 aromatic heterocycles. The van der Waals surface area contributed by atoms with E-state index in [0.717, 1.165) is 24.6 Å². The van der Waals surface area contributed by atoms with Crippen molar-refractivity contribution in [2.24, 2.45) is 0 Å². The van der Waals surface area contributed by atoms with Crippen LogP contribution in [-0.2, 0) is 13.0 Å². The second-order valence-corrected chi connectivity index (χ2v) is 6.58. The molecule has 0 atom stereocenters. The van der Waals surface area contributed by atoms with Gasteiger partial charge >= 0.3 is 0 Å². The van der Waals surface area contributed by atoms with Crippen LogP contribution >= 0.6 is 11.3 Å². The molecule has 7 heteroatoms. The molecule has 0 bridgehead atoms. The van der Waals surface area contributed by atoms with Crippen LogP contribution in [0.2, 0.25) is 0 Å². The Hall–Kier alpha value is -2.98. The third-order valence-corrected chi connectivity index (χ3v) is 5.10. The number of fused-ring (bicyclic) bond motifs is 1. The van der Waals surface area contributed by atoms with Crippen molar-refractivity contribution >= 4 is 22.3 Å². The van der Waals surface area contributed by atoms with E-state index in [9.17, 15) is 4.79 Å². The van der Waals surface area contributed by atoms with Crippen LogP contribution in [-0.4, -0.2) is 27.5 Å². The summed E-state index contributed by atoms with van der Waals surface area (Å²) in [6.45, 7) is 1.59. The van der Waals surface area contributed by atoms with Crippen LogP contribution < -0.4 is 4.90 Å². The highest BCUT2D eigenvalue weighted by Crippen LogP contribution is 2.28. The maximum atomic E-state index is 12.6. The van der Waals surface area contributed by atoms with E-state index < -0.39 is 0 Å². The molecule has 118 valence electrons. The topological polar surface area (TPSA) is 85.7 Å². The number of nitriles is 1. The first-order chi connectivity index (χ1) is 11.7. The lowest BCUT2D eigenvalue weighted by atomic mass is 10.1. The first-order valence-corrected chi connectivity index (χ1v) is 8.33. The summed E-state index contributed by atoms with van der Waals surface area (Å²) in [5.74, 6) is -0.100. The quantitative estimate of drug-likeness (QED) is 0.743. The molecule has 0 unspecified atom stereocenters. The van der Waals surface area contributed by atoms with Gasteiger partial charge in [0.25, 0.3) is 0 Å². The summed E-state index contributed by atoms with van der Waals surface area (Å²) in [4.78, 5) is 19.7. The Labute approximate surface area is 142 Å². The highest BCUT2D eigenvalue weighted by Gasteiger charge is 2.22. The van der Waals surface area contributed by atoms with Gasteiger partial charge in [-0.15, -0.1) is 0 Å². The summed E-state index contributed by atoms with van der Waals surface area (Å²) < 4.78 is 0. The molecule has 0 fully saturated rings. The normalized spacial score (nSPS) is 13.4. The number of thiazole rings is 1. The summed E-state index contributed by atoms with van der Waals surface area (Å²) in [6, 6.07) is 8.80. The standard InChI is InChI=1S/C17H13N5OS/c18-7-11-2-1-3-12(6-11)16(23)15-9-19-17(24-15)22-5-4-14-13(10-22)8-20-21-14/h1-3,6,8-9H,4-5,10H2,(H,20,21). The van der Waals surface area contributed by atoms with Crippen molar-refractivity contribution in [2.75, 3.05) is 11.4 Å². The number of carbonyl (C=O) groups excluding carboxylic acids is 1. The number of nitrogens with one attached hydrogen (secondary N) is 1. The van der Waals surface area contributed by atoms with Gasteiger partial charge in [0.05, 0.1) is 28.9 Å². The lowest BCUT2D eigenvalue weighted by molar-refractivity contribution is 0.104. The Morgan fingerprint density at radius 2 is 2.29 bits per heavy atom. The van der Waals surface area contributed by atoms with Crippen molar-refractivity contribution in [1.29, 1.82) is 5.26 Å². The fourth-order valence-electron chi connectivity index (χ4n) is 2.77. The van der Waals surface area contributed by atoms with Crippen molar-refractivity contribution in [3.8, 4) is 6.07 Å². The van der Waals surface area contributed by atoms with Crippen molar-refractivity contribution < 1.29 is 4.79 Å². The average Bonchev–Trinajstić information content (AvgIpc) is 3.29. The zero-order chi connectivity index (χ0) is 16.5. The van der Waals surface area contributed by atoms with E-state index >= 15 is 0 Å². The Kier molecular flexibility index (Phi) is 3.59. The Morgan fingerprint density at radius 1 is 1.38 bits per heavy atom. The minimum absolute atomic E-state index is 0.100. The SMILES string of the molecule is N#Cc1cccc(C(=O)c2cnc(N3CCc4[nH]ncc4C3)s2)c1. The van der Waals surface area contributed by atoms with Gasteiger partial charge in [-0.3, -0.25) is 9.89 Å². The fraction of sp³-hybridized carbons (Fsp3) is 0.176. The lowest BCUT2D eigenvalue weighted by Gasteiger charge is -2.25. The minimum atomic E-state index is -0.100. The number of ketones is 1. The predicted molar refractivity (Wildman–Crippen MR) is 90.0 cm³/mol. The van der Waals surface area contributed by atoms with Gasteiger partial charge in [0.15, 0.2) is 5.13 Å². The highest BCUT2D eigenvalue weighted by molar-refractivity contribution is 7.17. The zero-order valence-corrected chi connectivity index (χ0v) is 13.5.